The van der Waals surface area contributed by atoms with Gasteiger partial charge in [0.1, 0.15) is 5.75 Å². The molecule has 27 heavy (non-hydrogen) atoms. The summed E-state index contributed by atoms with van der Waals surface area (Å²) in [5, 5.41) is 4.41. The maximum atomic E-state index is 12.7. The van der Waals surface area contributed by atoms with Gasteiger partial charge in [-0.25, -0.2) is 0 Å². The maximum absolute atomic E-state index is 12.7. The van der Waals surface area contributed by atoms with Gasteiger partial charge in [-0.2, -0.15) is 0 Å². The van der Waals surface area contributed by atoms with E-state index in [0.717, 1.165) is 42.7 Å². The largest absolute Gasteiger partial charge is 0.495 e. The Morgan fingerprint density at radius 1 is 1.19 bits per heavy atom. The standard InChI is InChI=1S/C21H24Cl2N2O2/c1-14-6-7-20(27-2)19(12-14)24-21(26)15-8-10-25(11-9-15)13-16-17(22)4-3-5-18(16)23/h3-7,12,15H,8-11,13H2,1-2H3,(H,24,26). The van der Waals surface area contributed by atoms with Crippen LogP contribution >= 0.6 is 23.2 Å². The second kappa shape index (κ2) is 8.96. The molecule has 4 nitrogen and oxygen atoms in total. The number of carbonyl (C=O) groups excluding carboxylic acids is 1. The summed E-state index contributed by atoms with van der Waals surface area (Å²) in [7, 11) is 1.61. The number of piperidine rings is 1. The molecule has 2 aromatic carbocycles. The van der Waals surface area contributed by atoms with Crippen molar-refractivity contribution in [2.24, 2.45) is 5.92 Å². The normalized spacial score (nSPS) is 15.6. The first-order chi connectivity index (χ1) is 13.0. The Balaban J connectivity index is 1.57. The fourth-order valence-electron chi connectivity index (χ4n) is 3.41. The van der Waals surface area contributed by atoms with Crippen LogP contribution in [-0.4, -0.2) is 31.0 Å². The van der Waals surface area contributed by atoms with E-state index >= 15 is 0 Å². The molecule has 1 aliphatic heterocycles. The molecule has 0 aromatic heterocycles. The van der Waals surface area contributed by atoms with Gasteiger partial charge in [0.15, 0.2) is 0 Å². The van der Waals surface area contributed by atoms with E-state index in [2.05, 4.69) is 10.2 Å². The number of likely N-dealkylation sites (tertiary alicyclic amines) is 1. The van der Waals surface area contributed by atoms with Gasteiger partial charge in [0.05, 0.1) is 12.8 Å². The van der Waals surface area contributed by atoms with Crippen LogP contribution < -0.4 is 10.1 Å². The Labute approximate surface area is 170 Å². The van der Waals surface area contributed by atoms with E-state index in [1.807, 2.05) is 43.3 Å². The first kappa shape index (κ1) is 20.0. The first-order valence-electron chi connectivity index (χ1n) is 9.08. The lowest BCUT2D eigenvalue weighted by Crippen LogP contribution is -2.37. The minimum atomic E-state index is -0.00631. The van der Waals surface area contributed by atoms with E-state index in [9.17, 15) is 4.79 Å². The second-order valence-corrected chi connectivity index (χ2v) is 7.76. The molecule has 1 N–H and O–H groups in total. The predicted octanol–water partition coefficient (Wildman–Crippen LogP) is 5.16. The predicted molar refractivity (Wildman–Crippen MR) is 111 cm³/mol. The Kier molecular flexibility index (Phi) is 6.64. The molecule has 3 rings (SSSR count). The van der Waals surface area contributed by atoms with E-state index in [1.54, 1.807) is 7.11 Å². The molecule has 0 atom stereocenters. The van der Waals surface area contributed by atoms with Crippen molar-refractivity contribution in [1.82, 2.24) is 4.90 Å². The Bertz CT molecular complexity index is 798. The van der Waals surface area contributed by atoms with Crippen molar-refractivity contribution in [1.29, 1.82) is 0 Å². The van der Waals surface area contributed by atoms with Gasteiger partial charge in [0.25, 0.3) is 0 Å². The Morgan fingerprint density at radius 2 is 1.85 bits per heavy atom. The van der Waals surface area contributed by atoms with E-state index in [4.69, 9.17) is 27.9 Å². The lowest BCUT2D eigenvalue weighted by molar-refractivity contribution is -0.121. The smallest absolute Gasteiger partial charge is 0.227 e. The summed E-state index contributed by atoms with van der Waals surface area (Å²) in [4.78, 5) is 15.0. The summed E-state index contributed by atoms with van der Waals surface area (Å²) in [6, 6.07) is 11.3. The zero-order valence-electron chi connectivity index (χ0n) is 15.6. The third-order valence-electron chi connectivity index (χ3n) is 5.01. The maximum Gasteiger partial charge on any atom is 0.227 e. The second-order valence-electron chi connectivity index (χ2n) is 6.94. The minimum Gasteiger partial charge on any atom is -0.495 e. The number of halogens is 2. The van der Waals surface area contributed by atoms with Gasteiger partial charge in [-0.1, -0.05) is 35.3 Å². The number of carbonyl (C=O) groups is 1. The number of nitrogens with one attached hydrogen (secondary N) is 1. The third kappa shape index (κ3) is 4.95. The highest BCUT2D eigenvalue weighted by Crippen LogP contribution is 2.29. The van der Waals surface area contributed by atoms with Gasteiger partial charge in [0, 0.05) is 28.1 Å². The Hall–Kier alpha value is -1.75. The van der Waals surface area contributed by atoms with Crippen molar-refractivity contribution in [3.05, 3.63) is 57.6 Å². The minimum absolute atomic E-state index is 0.00631. The molecule has 1 amide bonds. The molecule has 2 aromatic rings. The molecule has 6 heteroatoms. The molecule has 0 unspecified atom stereocenters. The Morgan fingerprint density at radius 3 is 2.48 bits per heavy atom. The zero-order valence-corrected chi connectivity index (χ0v) is 17.1. The molecule has 0 aliphatic carbocycles. The molecular formula is C21H24Cl2N2O2. The van der Waals surface area contributed by atoms with Crippen molar-refractivity contribution in [3.8, 4) is 5.75 Å². The molecule has 0 radical (unpaired) electrons. The number of ether oxygens (including phenoxy) is 1. The van der Waals surface area contributed by atoms with Crippen molar-refractivity contribution < 1.29 is 9.53 Å². The van der Waals surface area contributed by atoms with Crippen LogP contribution in [0.1, 0.15) is 24.0 Å². The highest BCUT2D eigenvalue weighted by atomic mass is 35.5. The number of methoxy groups -OCH3 is 1. The molecule has 1 saturated heterocycles. The summed E-state index contributed by atoms with van der Waals surface area (Å²) < 4.78 is 5.35. The number of nitrogens with zero attached hydrogens (tertiary/aromatic N) is 1. The van der Waals surface area contributed by atoms with Gasteiger partial charge in [-0.3, -0.25) is 9.69 Å². The highest BCUT2D eigenvalue weighted by Gasteiger charge is 2.26. The number of hydrogen-bond acceptors (Lipinski definition) is 3. The highest BCUT2D eigenvalue weighted by molar-refractivity contribution is 6.35. The van der Waals surface area contributed by atoms with Crippen LogP contribution in [0, 0.1) is 12.8 Å². The molecule has 1 fully saturated rings. The SMILES string of the molecule is COc1ccc(C)cc1NC(=O)C1CCN(Cc2c(Cl)cccc2Cl)CC1. The van der Waals surface area contributed by atoms with Crippen molar-refractivity contribution in [2.75, 3.05) is 25.5 Å². The summed E-state index contributed by atoms with van der Waals surface area (Å²) in [5.41, 5.74) is 2.76. The van der Waals surface area contributed by atoms with Gasteiger partial charge in [-0.05, 0) is 62.7 Å². The van der Waals surface area contributed by atoms with Crippen LogP contribution in [0.5, 0.6) is 5.75 Å². The third-order valence-corrected chi connectivity index (χ3v) is 5.72. The van der Waals surface area contributed by atoms with E-state index in [0.29, 0.717) is 22.3 Å². The number of hydrogen-bond donors (Lipinski definition) is 1. The number of amides is 1. The van der Waals surface area contributed by atoms with Crippen LogP contribution in [0.25, 0.3) is 0 Å². The number of anilines is 1. The van der Waals surface area contributed by atoms with Gasteiger partial charge in [-0.15, -0.1) is 0 Å². The van der Waals surface area contributed by atoms with E-state index < -0.39 is 0 Å². The average Bonchev–Trinajstić information content (AvgIpc) is 2.65. The molecule has 1 aliphatic rings. The fraction of sp³-hybridized carbons (Fsp3) is 0.381. The quantitative estimate of drug-likeness (QED) is 0.745. The summed E-state index contributed by atoms with van der Waals surface area (Å²) >= 11 is 12.5. The van der Waals surface area contributed by atoms with Crippen LogP contribution in [0.2, 0.25) is 10.0 Å². The number of aryl methyl sites for hydroxylation is 1. The van der Waals surface area contributed by atoms with Crippen LogP contribution in [0.4, 0.5) is 5.69 Å². The molecule has 1 heterocycles. The lowest BCUT2D eigenvalue weighted by atomic mass is 9.95. The van der Waals surface area contributed by atoms with Gasteiger partial charge >= 0.3 is 0 Å². The van der Waals surface area contributed by atoms with Crippen LogP contribution in [0.15, 0.2) is 36.4 Å². The molecule has 144 valence electrons. The van der Waals surface area contributed by atoms with Crippen molar-refractivity contribution in [2.45, 2.75) is 26.3 Å². The monoisotopic (exact) mass is 406 g/mol. The van der Waals surface area contributed by atoms with Crippen molar-refractivity contribution >= 4 is 34.8 Å². The molecule has 0 bridgehead atoms. The molecular weight excluding hydrogens is 383 g/mol. The first-order valence-corrected chi connectivity index (χ1v) is 9.84. The van der Waals surface area contributed by atoms with Gasteiger partial charge < -0.3 is 10.1 Å². The lowest BCUT2D eigenvalue weighted by Gasteiger charge is -2.31. The van der Waals surface area contributed by atoms with Gasteiger partial charge in [0.2, 0.25) is 5.91 Å². The summed E-state index contributed by atoms with van der Waals surface area (Å²) in [6.45, 7) is 4.38. The van der Waals surface area contributed by atoms with E-state index in [1.165, 1.54) is 0 Å². The molecule has 0 spiro atoms. The summed E-state index contributed by atoms with van der Waals surface area (Å²) in [5.74, 6) is 0.724. The number of rotatable bonds is 5. The summed E-state index contributed by atoms with van der Waals surface area (Å²) in [6.07, 6.45) is 1.62. The average molecular weight is 407 g/mol. The number of benzene rings is 2. The van der Waals surface area contributed by atoms with Crippen LogP contribution in [0.3, 0.4) is 0 Å². The zero-order chi connectivity index (χ0) is 19.4. The topological polar surface area (TPSA) is 41.6 Å². The van der Waals surface area contributed by atoms with E-state index in [-0.39, 0.29) is 11.8 Å². The molecule has 0 saturated carbocycles. The fourth-order valence-corrected chi connectivity index (χ4v) is 3.93. The van der Waals surface area contributed by atoms with Crippen molar-refractivity contribution in [3.63, 3.8) is 0 Å². The van der Waals surface area contributed by atoms with Crippen LogP contribution in [-0.2, 0) is 11.3 Å².